The predicted molar refractivity (Wildman–Crippen MR) is 57.8 cm³/mol. The smallest absolute Gasteiger partial charge is 0.305 e. The Bertz CT molecular complexity index is 403. The minimum Gasteiger partial charge on any atom is -0.314 e. The number of nitrogens with zero attached hydrogens (tertiary/aromatic N) is 1. The summed E-state index contributed by atoms with van der Waals surface area (Å²) in [7, 11) is 0. The molecule has 0 radical (unpaired) electrons. The first-order valence-corrected chi connectivity index (χ1v) is 5.33. The first-order valence-electron chi connectivity index (χ1n) is 5.33. The highest BCUT2D eigenvalue weighted by Gasteiger charge is 2.18. The summed E-state index contributed by atoms with van der Waals surface area (Å²) in [5.74, 6) is -0.770. The van der Waals surface area contributed by atoms with Crippen molar-refractivity contribution in [2.75, 3.05) is 6.54 Å². The molecule has 86 valence electrons. The third kappa shape index (κ3) is 2.36. The van der Waals surface area contributed by atoms with Crippen LogP contribution in [0.4, 0.5) is 10.1 Å². The number of hydrogen-bond acceptors (Lipinski definition) is 3. The van der Waals surface area contributed by atoms with Crippen LogP contribution >= 0.6 is 0 Å². The van der Waals surface area contributed by atoms with Crippen LogP contribution in [0.1, 0.15) is 18.4 Å². The van der Waals surface area contributed by atoms with Crippen molar-refractivity contribution in [3.05, 3.63) is 39.7 Å². The van der Waals surface area contributed by atoms with E-state index >= 15 is 0 Å². The summed E-state index contributed by atoms with van der Waals surface area (Å²) >= 11 is 0. The van der Waals surface area contributed by atoms with E-state index in [1.165, 1.54) is 12.1 Å². The predicted octanol–water partition coefficient (Wildman–Crippen LogP) is 2.03. The Kier molecular flexibility index (Phi) is 3.14. The number of nitro benzene ring substituents is 1. The Balaban J connectivity index is 2.15. The molecule has 1 aromatic carbocycles. The standard InChI is InChI=1S/C11H13FN2O2/c12-10-4-3-8(7-11(10)14(15)16)6-9-2-1-5-13-9/h3-4,7,9,13H,1-2,5-6H2. The molecule has 0 aliphatic carbocycles. The lowest BCUT2D eigenvalue weighted by atomic mass is 10.0. The molecule has 1 fully saturated rings. The third-order valence-electron chi connectivity index (χ3n) is 2.85. The van der Waals surface area contributed by atoms with Gasteiger partial charge in [-0.2, -0.15) is 4.39 Å². The Morgan fingerprint density at radius 3 is 3.00 bits per heavy atom. The van der Waals surface area contributed by atoms with Crippen molar-refractivity contribution in [2.45, 2.75) is 25.3 Å². The Morgan fingerprint density at radius 1 is 1.56 bits per heavy atom. The number of nitro groups is 1. The topological polar surface area (TPSA) is 55.2 Å². The number of hydrogen-bond donors (Lipinski definition) is 1. The van der Waals surface area contributed by atoms with Crippen LogP contribution in [-0.2, 0) is 6.42 Å². The van der Waals surface area contributed by atoms with Crippen molar-refractivity contribution in [1.29, 1.82) is 0 Å². The van der Waals surface area contributed by atoms with Gasteiger partial charge in [0.05, 0.1) is 4.92 Å². The van der Waals surface area contributed by atoms with Gasteiger partial charge in [0.15, 0.2) is 0 Å². The van der Waals surface area contributed by atoms with E-state index < -0.39 is 16.4 Å². The molecule has 0 spiro atoms. The second kappa shape index (κ2) is 4.57. The molecule has 1 aliphatic heterocycles. The van der Waals surface area contributed by atoms with Gasteiger partial charge in [-0.05, 0) is 37.4 Å². The highest BCUT2D eigenvalue weighted by atomic mass is 19.1. The fraction of sp³-hybridized carbons (Fsp3) is 0.455. The summed E-state index contributed by atoms with van der Waals surface area (Å²) in [5.41, 5.74) is 0.378. The third-order valence-corrected chi connectivity index (χ3v) is 2.85. The molecule has 0 aromatic heterocycles. The van der Waals surface area contributed by atoms with Crippen LogP contribution < -0.4 is 5.32 Å². The quantitative estimate of drug-likeness (QED) is 0.631. The van der Waals surface area contributed by atoms with Gasteiger partial charge in [-0.15, -0.1) is 0 Å². The first kappa shape index (κ1) is 11.0. The van der Waals surface area contributed by atoms with E-state index in [-0.39, 0.29) is 0 Å². The molecule has 0 bridgehead atoms. The molecule has 16 heavy (non-hydrogen) atoms. The second-order valence-corrected chi connectivity index (χ2v) is 4.04. The fourth-order valence-corrected chi connectivity index (χ4v) is 2.04. The molecule has 1 unspecified atom stereocenters. The highest BCUT2D eigenvalue weighted by molar-refractivity contribution is 5.36. The van der Waals surface area contributed by atoms with Gasteiger partial charge in [-0.3, -0.25) is 10.1 Å². The molecule has 0 saturated carbocycles. The van der Waals surface area contributed by atoms with Crippen molar-refractivity contribution in [1.82, 2.24) is 5.32 Å². The van der Waals surface area contributed by atoms with Gasteiger partial charge in [0.25, 0.3) is 0 Å². The van der Waals surface area contributed by atoms with Crippen molar-refractivity contribution in [2.24, 2.45) is 0 Å². The van der Waals surface area contributed by atoms with Gasteiger partial charge >= 0.3 is 5.69 Å². The maximum atomic E-state index is 13.1. The average Bonchev–Trinajstić information content (AvgIpc) is 2.73. The zero-order valence-corrected chi connectivity index (χ0v) is 8.78. The van der Waals surface area contributed by atoms with E-state index in [0.29, 0.717) is 6.04 Å². The van der Waals surface area contributed by atoms with Gasteiger partial charge in [-0.1, -0.05) is 6.07 Å². The second-order valence-electron chi connectivity index (χ2n) is 4.04. The first-order chi connectivity index (χ1) is 7.66. The van der Waals surface area contributed by atoms with Crippen molar-refractivity contribution < 1.29 is 9.31 Å². The number of halogens is 1. The van der Waals surface area contributed by atoms with E-state index in [4.69, 9.17) is 0 Å². The lowest BCUT2D eigenvalue weighted by Crippen LogP contribution is -2.23. The molecule has 4 nitrogen and oxygen atoms in total. The molecular formula is C11H13FN2O2. The van der Waals surface area contributed by atoms with Crippen LogP contribution in [0.3, 0.4) is 0 Å². The highest BCUT2D eigenvalue weighted by Crippen LogP contribution is 2.20. The molecule has 1 aliphatic rings. The van der Waals surface area contributed by atoms with Crippen LogP contribution in [0.25, 0.3) is 0 Å². The SMILES string of the molecule is O=[N+]([O-])c1cc(CC2CCCN2)ccc1F. The van der Waals surface area contributed by atoms with Gasteiger partial charge in [-0.25, -0.2) is 0 Å². The lowest BCUT2D eigenvalue weighted by molar-refractivity contribution is -0.387. The summed E-state index contributed by atoms with van der Waals surface area (Å²) in [6, 6.07) is 4.48. The minimum absolute atomic E-state index is 0.366. The monoisotopic (exact) mass is 224 g/mol. The van der Waals surface area contributed by atoms with Crippen LogP contribution in [0.2, 0.25) is 0 Å². The normalized spacial score (nSPS) is 19.9. The Hall–Kier alpha value is -1.49. The van der Waals surface area contributed by atoms with Crippen LogP contribution in [0.15, 0.2) is 18.2 Å². The molecular weight excluding hydrogens is 211 g/mol. The van der Waals surface area contributed by atoms with Crippen LogP contribution in [-0.4, -0.2) is 17.5 Å². The molecule has 1 aromatic rings. The van der Waals surface area contributed by atoms with Crippen molar-refractivity contribution in [3.8, 4) is 0 Å². The Labute approximate surface area is 92.6 Å². The largest absolute Gasteiger partial charge is 0.314 e. The van der Waals surface area contributed by atoms with E-state index in [9.17, 15) is 14.5 Å². The van der Waals surface area contributed by atoms with Crippen molar-refractivity contribution in [3.63, 3.8) is 0 Å². The molecule has 1 heterocycles. The van der Waals surface area contributed by atoms with E-state index in [1.54, 1.807) is 6.07 Å². The summed E-state index contributed by atoms with van der Waals surface area (Å²) in [6.45, 7) is 0.994. The summed E-state index contributed by atoms with van der Waals surface area (Å²) < 4.78 is 13.1. The van der Waals surface area contributed by atoms with Crippen LogP contribution in [0.5, 0.6) is 0 Å². The van der Waals surface area contributed by atoms with Gasteiger partial charge in [0, 0.05) is 12.1 Å². The minimum atomic E-state index is -0.770. The van der Waals surface area contributed by atoms with Gasteiger partial charge < -0.3 is 5.32 Å². The summed E-state index contributed by atoms with van der Waals surface area (Å²) in [4.78, 5) is 9.88. The lowest BCUT2D eigenvalue weighted by Gasteiger charge is -2.09. The molecule has 1 atom stereocenters. The summed E-state index contributed by atoms with van der Waals surface area (Å²) in [5, 5.41) is 13.9. The number of nitrogens with one attached hydrogen (secondary N) is 1. The number of benzene rings is 1. The zero-order chi connectivity index (χ0) is 11.5. The molecule has 1 saturated heterocycles. The molecule has 2 rings (SSSR count). The average molecular weight is 224 g/mol. The van der Waals surface area contributed by atoms with Crippen molar-refractivity contribution >= 4 is 5.69 Å². The zero-order valence-electron chi connectivity index (χ0n) is 8.78. The van der Waals surface area contributed by atoms with E-state index in [2.05, 4.69) is 5.32 Å². The van der Waals surface area contributed by atoms with E-state index in [0.717, 1.165) is 31.4 Å². The number of rotatable bonds is 3. The van der Waals surface area contributed by atoms with Gasteiger partial charge in [0.2, 0.25) is 5.82 Å². The maximum absolute atomic E-state index is 13.1. The Morgan fingerprint density at radius 2 is 2.38 bits per heavy atom. The van der Waals surface area contributed by atoms with Gasteiger partial charge in [0.1, 0.15) is 0 Å². The summed E-state index contributed by atoms with van der Waals surface area (Å²) in [6.07, 6.45) is 2.93. The molecule has 5 heteroatoms. The molecule has 0 amide bonds. The van der Waals surface area contributed by atoms with E-state index in [1.807, 2.05) is 0 Å². The maximum Gasteiger partial charge on any atom is 0.305 e. The van der Waals surface area contributed by atoms with Crippen LogP contribution in [0, 0.1) is 15.9 Å². The fourth-order valence-electron chi connectivity index (χ4n) is 2.04. The molecule has 1 N–H and O–H groups in total.